The largest absolute Gasteiger partial charge is 0.315 e. The van der Waals surface area contributed by atoms with Crippen molar-refractivity contribution >= 4 is 27.3 Å². The van der Waals surface area contributed by atoms with Crippen molar-refractivity contribution in [1.29, 1.82) is 0 Å². The van der Waals surface area contributed by atoms with Gasteiger partial charge in [0.1, 0.15) is 5.02 Å². The monoisotopic (exact) mass is 319 g/mol. The van der Waals surface area contributed by atoms with E-state index in [0.717, 1.165) is 18.9 Å². The third kappa shape index (κ3) is 2.78. The maximum atomic E-state index is 12.5. The Morgan fingerprint density at radius 3 is 2.70 bits per heavy atom. The first-order chi connectivity index (χ1) is 9.34. The van der Waals surface area contributed by atoms with Gasteiger partial charge in [0, 0.05) is 12.6 Å². The van der Waals surface area contributed by atoms with E-state index in [1.807, 2.05) is 0 Å². The van der Waals surface area contributed by atoms with Gasteiger partial charge in [-0.1, -0.05) is 11.6 Å². The van der Waals surface area contributed by atoms with Gasteiger partial charge in [0.05, 0.1) is 16.0 Å². The summed E-state index contributed by atoms with van der Waals surface area (Å²) in [6, 6.07) is 3.44. The van der Waals surface area contributed by atoms with Gasteiger partial charge < -0.3 is 5.73 Å². The van der Waals surface area contributed by atoms with Crippen molar-refractivity contribution in [3.63, 3.8) is 0 Å². The number of piperidine rings is 1. The van der Waals surface area contributed by atoms with Gasteiger partial charge in [0.15, 0.2) is 0 Å². The van der Waals surface area contributed by atoms with E-state index in [0.29, 0.717) is 13.0 Å². The zero-order valence-corrected chi connectivity index (χ0v) is 12.1. The number of nitrogens with two attached hydrogens (primary N) is 1. The smallest absolute Gasteiger partial charge is 0.289 e. The fraction of sp³-hybridized carbons (Fsp3) is 0.455. The molecule has 9 heteroatoms. The Balaban J connectivity index is 2.44. The Kier molecular flexibility index (Phi) is 4.28. The van der Waals surface area contributed by atoms with Gasteiger partial charge in [-0.05, 0) is 31.4 Å². The summed E-state index contributed by atoms with van der Waals surface area (Å²) in [5.74, 6) is 0. The first-order valence-corrected chi connectivity index (χ1v) is 7.87. The van der Waals surface area contributed by atoms with Crippen LogP contribution in [0.5, 0.6) is 0 Å². The average Bonchev–Trinajstić information content (AvgIpc) is 2.38. The highest BCUT2D eigenvalue weighted by molar-refractivity contribution is 7.89. The van der Waals surface area contributed by atoms with Gasteiger partial charge in [-0.3, -0.25) is 10.1 Å². The zero-order valence-electron chi connectivity index (χ0n) is 10.5. The minimum atomic E-state index is -3.84. The molecule has 1 heterocycles. The van der Waals surface area contributed by atoms with E-state index in [-0.39, 0.29) is 9.92 Å². The Morgan fingerprint density at radius 2 is 2.10 bits per heavy atom. The summed E-state index contributed by atoms with van der Waals surface area (Å²) >= 11 is 5.68. The maximum Gasteiger partial charge on any atom is 0.289 e. The molecule has 1 unspecified atom stereocenters. The molecule has 0 spiro atoms. The van der Waals surface area contributed by atoms with Crippen molar-refractivity contribution in [2.45, 2.75) is 30.3 Å². The van der Waals surface area contributed by atoms with Gasteiger partial charge in [0.2, 0.25) is 10.0 Å². The molecule has 2 N–H and O–H groups in total. The van der Waals surface area contributed by atoms with Crippen LogP contribution in [-0.2, 0) is 10.0 Å². The average molecular weight is 320 g/mol. The molecular formula is C11H14ClN3O4S. The lowest BCUT2D eigenvalue weighted by Gasteiger charge is -2.31. The Morgan fingerprint density at radius 1 is 1.40 bits per heavy atom. The summed E-state index contributed by atoms with van der Waals surface area (Å²) in [6.45, 7) is 0.319. The highest BCUT2D eigenvalue weighted by Crippen LogP contribution is 2.30. The predicted octanol–water partition coefficient (Wildman–Crippen LogP) is 1.71. The summed E-state index contributed by atoms with van der Waals surface area (Å²) in [5.41, 5.74) is 5.38. The predicted molar refractivity (Wildman–Crippen MR) is 73.8 cm³/mol. The summed E-state index contributed by atoms with van der Waals surface area (Å²) in [6.07, 6.45) is 1.58. The molecule has 2 rings (SSSR count). The van der Waals surface area contributed by atoms with Crippen molar-refractivity contribution in [1.82, 2.24) is 4.31 Å². The summed E-state index contributed by atoms with van der Waals surface area (Å²) in [7, 11) is -3.84. The van der Waals surface area contributed by atoms with E-state index in [1.165, 1.54) is 16.4 Å². The zero-order chi connectivity index (χ0) is 14.9. The second-order valence-electron chi connectivity index (χ2n) is 4.55. The van der Waals surface area contributed by atoms with Crippen LogP contribution in [0.2, 0.25) is 5.02 Å². The highest BCUT2D eigenvalue weighted by atomic mass is 35.5. The number of rotatable bonds is 3. The van der Waals surface area contributed by atoms with Crippen molar-refractivity contribution in [3.05, 3.63) is 33.3 Å². The molecule has 1 fully saturated rings. The van der Waals surface area contributed by atoms with Crippen LogP contribution in [0.4, 0.5) is 5.69 Å². The quantitative estimate of drug-likeness (QED) is 0.674. The van der Waals surface area contributed by atoms with Crippen LogP contribution in [-0.4, -0.2) is 30.4 Å². The number of nitro benzene ring substituents is 1. The Bertz CT molecular complexity index is 635. The van der Waals surface area contributed by atoms with Crippen LogP contribution < -0.4 is 5.73 Å². The normalized spacial score (nSPS) is 20.8. The number of halogens is 1. The number of hydrogen-bond acceptors (Lipinski definition) is 5. The van der Waals surface area contributed by atoms with Gasteiger partial charge >= 0.3 is 0 Å². The number of benzene rings is 1. The second-order valence-corrected chi connectivity index (χ2v) is 6.85. The first kappa shape index (κ1) is 15.2. The van der Waals surface area contributed by atoms with Crippen molar-refractivity contribution < 1.29 is 13.3 Å². The molecular weight excluding hydrogens is 306 g/mol. The topological polar surface area (TPSA) is 107 Å². The fourth-order valence-electron chi connectivity index (χ4n) is 2.16. The molecule has 1 aromatic carbocycles. The van der Waals surface area contributed by atoms with E-state index in [1.54, 1.807) is 0 Å². The molecule has 1 saturated heterocycles. The molecule has 0 saturated carbocycles. The third-order valence-electron chi connectivity index (χ3n) is 3.22. The fourth-order valence-corrected chi connectivity index (χ4v) is 3.95. The van der Waals surface area contributed by atoms with Crippen LogP contribution in [0.25, 0.3) is 0 Å². The molecule has 1 aliphatic rings. The molecule has 0 radical (unpaired) electrons. The van der Waals surface area contributed by atoms with Crippen molar-refractivity contribution in [2.75, 3.05) is 6.54 Å². The molecule has 1 aromatic rings. The van der Waals surface area contributed by atoms with E-state index in [9.17, 15) is 18.5 Å². The lowest BCUT2D eigenvalue weighted by Crippen LogP contribution is -2.48. The van der Waals surface area contributed by atoms with Crippen LogP contribution in [0.3, 0.4) is 0 Å². The lowest BCUT2D eigenvalue weighted by atomic mass is 10.1. The van der Waals surface area contributed by atoms with E-state index in [2.05, 4.69) is 0 Å². The van der Waals surface area contributed by atoms with Gasteiger partial charge in [-0.15, -0.1) is 0 Å². The first-order valence-electron chi connectivity index (χ1n) is 6.05. The van der Waals surface area contributed by atoms with Crippen LogP contribution >= 0.6 is 11.6 Å². The molecule has 110 valence electrons. The molecule has 1 aliphatic heterocycles. The molecule has 0 amide bonds. The molecule has 1 atom stereocenters. The van der Waals surface area contributed by atoms with Crippen LogP contribution in [0.15, 0.2) is 23.1 Å². The third-order valence-corrected chi connectivity index (χ3v) is 5.46. The Labute approximate surface area is 121 Å². The van der Waals surface area contributed by atoms with Gasteiger partial charge in [-0.25, -0.2) is 8.42 Å². The molecule has 0 aliphatic carbocycles. The van der Waals surface area contributed by atoms with Crippen molar-refractivity contribution in [2.24, 2.45) is 5.73 Å². The number of nitro groups is 1. The molecule has 20 heavy (non-hydrogen) atoms. The second kappa shape index (κ2) is 5.65. The van der Waals surface area contributed by atoms with Gasteiger partial charge in [-0.2, -0.15) is 4.31 Å². The van der Waals surface area contributed by atoms with Crippen LogP contribution in [0, 0.1) is 10.1 Å². The summed E-state index contributed by atoms with van der Waals surface area (Å²) in [5, 5.41) is 10.7. The van der Waals surface area contributed by atoms with E-state index < -0.39 is 26.8 Å². The number of hydrogen-bond donors (Lipinski definition) is 1. The molecule has 7 nitrogen and oxygen atoms in total. The standard InChI is InChI=1S/C11H14ClN3O4S/c12-9-5-4-8(7-10(9)15(16)17)20(18,19)14-6-2-1-3-11(14)13/h4-5,7,11H,1-3,6,13H2. The molecule has 0 bridgehead atoms. The minimum Gasteiger partial charge on any atom is -0.315 e. The van der Waals surface area contributed by atoms with E-state index in [4.69, 9.17) is 17.3 Å². The maximum absolute atomic E-state index is 12.5. The van der Waals surface area contributed by atoms with Crippen LogP contribution in [0.1, 0.15) is 19.3 Å². The van der Waals surface area contributed by atoms with E-state index >= 15 is 0 Å². The SMILES string of the molecule is NC1CCCCN1S(=O)(=O)c1ccc(Cl)c([N+](=O)[O-])c1. The summed E-state index contributed by atoms with van der Waals surface area (Å²) in [4.78, 5) is 9.96. The lowest BCUT2D eigenvalue weighted by molar-refractivity contribution is -0.384. The number of nitrogens with zero attached hydrogens (tertiary/aromatic N) is 2. The highest BCUT2D eigenvalue weighted by Gasteiger charge is 2.32. The Hall–Kier alpha value is -1.22. The number of sulfonamides is 1. The molecule has 0 aromatic heterocycles. The summed E-state index contributed by atoms with van der Waals surface area (Å²) < 4.78 is 26.1. The van der Waals surface area contributed by atoms with Gasteiger partial charge in [0.25, 0.3) is 5.69 Å². The minimum absolute atomic E-state index is 0.100. The van der Waals surface area contributed by atoms with Crippen molar-refractivity contribution in [3.8, 4) is 0 Å².